The van der Waals surface area contributed by atoms with E-state index >= 15 is 0 Å². The first-order valence-corrected chi connectivity index (χ1v) is 6.96. The van der Waals surface area contributed by atoms with Crippen LogP contribution in [-0.2, 0) is 4.74 Å². The zero-order chi connectivity index (χ0) is 17.0. The fourth-order valence-corrected chi connectivity index (χ4v) is 2.24. The fourth-order valence-electron chi connectivity index (χ4n) is 2.24. The van der Waals surface area contributed by atoms with Gasteiger partial charge in [0, 0.05) is 12.7 Å². The number of hydrogen-bond acceptors (Lipinski definition) is 6. The molecule has 23 heavy (non-hydrogen) atoms. The van der Waals surface area contributed by atoms with Gasteiger partial charge < -0.3 is 18.6 Å². The van der Waals surface area contributed by atoms with Gasteiger partial charge in [-0.2, -0.15) is 0 Å². The van der Waals surface area contributed by atoms with E-state index < -0.39 is 0 Å². The average Bonchev–Trinajstić information content (AvgIpc) is 2.56. The van der Waals surface area contributed by atoms with Crippen molar-refractivity contribution < 1.29 is 18.6 Å². The number of allylic oxidation sites excluding steroid dienone is 1. The van der Waals surface area contributed by atoms with Crippen molar-refractivity contribution in [3.05, 3.63) is 39.2 Å². The third-order valence-corrected chi connectivity index (χ3v) is 3.34. The van der Waals surface area contributed by atoms with Crippen molar-refractivity contribution in [2.45, 2.75) is 6.92 Å². The Hall–Kier alpha value is -2.60. The lowest BCUT2D eigenvalue weighted by molar-refractivity contribution is 0.242. The number of ether oxygens (including phenoxy) is 3. The Morgan fingerprint density at radius 3 is 2.48 bits per heavy atom. The van der Waals surface area contributed by atoms with Crippen LogP contribution in [0.1, 0.15) is 5.56 Å². The van der Waals surface area contributed by atoms with Crippen molar-refractivity contribution in [2.75, 3.05) is 27.9 Å². The molecule has 6 nitrogen and oxygen atoms in total. The van der Waals surface area contributed by atoms with E-state index in [-0.39, 0.29) is 16.9 Å². The van der Waals surface area contributed by atoms with E-state index in [0.717, 1.165) is 0 Å². The Morgan fingerprint density at radius 1 is 1.22 bits per heavy atom. The Bertz CT molecular complexity index is 866. The number of benzene rings is 1. The Morgan fingerprint density at radius 2 is 1.91 bits per heavy atom. The van der Waals surface area contributed by atoms with Gasteiger partial charge in [0.2, 0.25) is 11.2 Å². The van der Waals surface area contributed by atoms with Crippen molar-refractivity contribution in [3.8, 4) is 23.0 Å². The number of fused-ring (bicyclic) bond motifs is 1. The van der Waals surface area contributed by atoms with E-state index in [1.807, 2.05) is 0 Å². The standard InChI is InChI=1S/C17H19NO5/c1-6-7-11-12(8-9-20-3)23-15-10(2)14(19)17(22-5)16(21-4)13(15)18-11/h6-8H,1,9H2,2-5H3/b11-7+,12-8+. The van der Waals surface area contributed by atoms with Crippen LogP contribution in [0.5, 0.6) is 11.5 Å². The van der Waals surface area contributed by atoms with Gasteiger partial charge >= 0.3 is 0 Å². The number of nitrogens with zero attached hydrogens (tertiary/aromatic N) is 1. The zero-order valence-electron chi connectivity index (χ0n) is 13.6. The van der Waals surface area contributed by atoms with Crippen molar-refractivity contribution in [3.63, 3.8) is 0 Å². The highest BCUT2D eigenvalue weighted by atomic mass is 16.5. The SMILES string of the molecule is C=C/C=c1/nc2c(OC)c(OC)c(=O)c(C)c-2o/c1=C/COC. The van der Waals surface area contributed by atoms with Crippen LogP contribution < -0.4 is 25.7 Å². The van der Waals surface area contributed by atoms with E-state index in [1.54, 1.807) is 32.3 Å². The molecule has 122 valence electrons. The maximum absolute atomic E-state index is 12.4. The molecule has 0 bridgehead atoms. The molecule has 0 fully saturated rings. The van der Waals surface area contributed by atoms with Crippen LogP contribution in [0.2, 0.25) is 0 Å². The van der Waals surface area contributed by atoms with Crippen LogP contribution in [-0.4, -0.2) is 32.9 Å². The van der Waals surface area contributed by atoms with Gasteiger partial charge in [-0.25, -0.2) is 4.98 Å². The van der Waals surface area contributed by atoms with Gasteiger partial charge in [-0.05, 0) is 19.1 Å². The zero-order valence-corrected chi connectivity index (χ0v) is 13.6. The molecule has 2 rings (SSSR count). The van der Waals surface area contributed by atoms with Gasteiger partial charge in [0.15, 0.2) is 22.6 Å². The third-order valence-electron chi connectivity index (χ3n) is 3.34. The maximum Gasteiger partial charge on any atom is 0.231 e. The molecular formula is C17H19NO5. The predicted molar refractivity (Wildman–Crippen MR) is 87.5 cm³/mol. The molecule has 0 aromatic rings. The first kappa shape index (κ1) is 16.8. The number of aromatic nitrogens is 1. The number of hydrogen-bond donors (Lipinski definition) is 0. The molecule has 6 heteroatoms. The van der Waals surface area contributed by atoms with Gasteiger partial charge in [-0.15, -0.1) is 0 Å². The van der Waals surface area contributed by atoms with Crippen molar-refractivity contribution in [1.29, 1.82) is 0 Å². The summed E-state index contributed by atoms with van der Waals surface area (Å²) >= 11 is 0. The number of methoxy groups -OCH3 is 3. The maximum atomic E-state index is 12.4. The summed E-state index contributed by atoms with van der Waals surface area (Å²) in [6.45, 7) is 5.69. The first-order valence-electron chi connectivity index (χ1n) is 6.96. The molecule has 0 atom stereocenters. The molecule has 0 saturated heterocycles. The summed E-state index contributed by atoms with van der Waals surface area (Å²) in [7, 11) is 4.45. The molecule has 0 spiro atoms. The summed E-state index contributed by atoms with van der Waals surface area (Å²) in [6.07, 6.45) is 5.05. The molecule has 0 N–H and O–H groups in total. The average molecular weight is 317 g/mol. The Balaban J connectivity index is 3.02. The normalized spacial score (nSPS) is 12.7. The summed E-state index contributed by atoms with van der Waals surface area (Å²) < 4.78 is 21.4. The minimum Gasteiger partial charge on any atom is -0.491 e. The highest BCUT2D eigenvalue weighted by molar-refractivity contribution is 5.71. The smallest absolute Gasteiger partial charge is 0.231 e. The summed E-state index contributed by atoms with van der Waals surface area (Å²) in [5.74, 6) is 0.716. The summed E-state index contributed by atoms with van der Waals surface area (Å²) in [5.41, 5.74) is 1.03. The van der Waals surface area contributed by atoms with E-state index in [4.69, 9.17) is 18.6 Å². The van der Waals surface area contributed by atoms with Crippen LogP contribution in [0, 0.1) is 6.92 Å². The number of rotatable bonds is 5. The van der Waals surface area contributed by atoms with Gasteiger partial charge in [-0.1, -0.05) is 12.7 Å². The lowest BCUT2D eigenvalue weighted by Gasteiger charge is -2.14. The molecule has 1 aliphatic heterocycles. The molecule has 0 saturated carbocycles. The Kier molecular flexibility index (Phi) is 5.18. The molecule has 0 aromatic heterocycles. The molecular weight excluding hydrogens is 298 g/mol. The second-order valence-corrected chi connectivity index (χ2v) is 4.72. The third kappa shape index (κ3) is 2.98. The van der Waals surface area contributed by atoms with Crippen molar-refractivity contribution in [2.24, 2.45) is 0 Å². The van der Waals surface area contributed by atoms with Crippen LogP contribution in [0.25, 0.3) is 23.6 Å². The largest absolute Gasteiger partial charge is 0.491 e. The molecule has 1 aliphatic carbocycles. The molecule has 0 aromatic carbocycles. The van der Waals surface area contributed by atoms with Gasteiger partial charge in [0.25, 0.3) is 0 Å². The second-order valence-electron chi connectivity index (χ2n) is 4.72. The fraction of sp³-hybridized carbons (Fsp3) is 0.294. The van der Waals surface area contributed by atoms with E-state index in [1.165, 1.54) is 14.2 Å². The van der Waals surface area contributed by atoms with E-state index in [0.29, 0.717) is 34.4 Å². The highest BCUT2D eigenvalue weighted by Crippen LogP contribution is 2.35. The van der Waals surface area contributed by atoms with Crippen LogP contribution in [0.15, 0.2) is 21.9 Å². The lowest BCUT2D eigenvalue weighted by atomic mass is 10.1. The van der Waals surface area contributed by atoms with Gasteiger partial charge in [-0.3, -0.25) is 4.79 Å². The summed E-state index contributed by atoms with van der Waals surface area (Å²) in [4.78, 5) is 16.9. The summed E-state index contributed by atoms with van der Waals surface area (Å²) in [5, 5.41) is 0.558. The minimum atomic E-state index is -0.291. The van der Waals surface area contributed by atoms with Crippen LogP contribution in [0.3, 0.4) is 0 Å². The minimum absolute atomic E-state index is 0.110. The van der Waals surface area contributed by atoms with Crippen LogP contribution >= 0.6 is 0 Å². The summed E-state index contributed by atoms with van der Waals surface area (Å²) in [6, 6.07) is 0. The monoisotopic (exact) mass is 317 g/mol. The predicted octanol–water partition coefficient (Wildman–Crippen LogP) is 0.859. The Labute approximate surface area is 133 Å². The van der Waals surface area contributed by atoms with Crippen LogP contribution in [0.4, 0.5) is 0 Å². The molecule has 0 radical (unpaired) electrons. The topological polar surface area (TPSA) is 70.8 Å². The van der Waals surface area contributed by atoms with Gasteiger partial charge in [0.05, 0.1) is 20.8 Å². The quantitative estimate of drug-likeness (QED) is 0.814. The highest BCUT2D eigenvalue weighted by Gasteiger charge is 2.25. The van der Waals surface area contributed by atoms with E-state index in [9.17, 15) is 4.79 Å². The lowest BCUT2D eigenvalue weighted by Crippen LogP contribution is -2.31. The molecule has 0 amide bonds. The molecule has 1 heterocycles. The van der Waals surface area contributed by atoms with Crippen molar-refractivity contribution >= 4 is 12.2 Å². The van der Waals surface area contributed by atoms with Crippen molar-refractivity contribution in [1.82, 2.24) is 4.98 Å². The second kappa shape index (κ2) is 7.11. The molecule has 2 aliphatic rings. The first-order chi connectivity index (χ1) is 11.1. The van der Waals surface area contributed by atoms with E-state index in [2.05, 4.69) is 11.6 Å². The van der Waals surface area contributed by atoms with Gasteiger partial charge in [0.1, 0.15) is 5.35 Å². The molecule has 0 unspecified atom stereocenters.